The SMILES string of the molecule is CCOCCC(CCC1CC1)NN. The predicted molar refractivity (Wildman–Crippen MR) is 54.2 cm³/mol. The third-order valence-corrected chi connectivity index (χ3v) is 2.67. The molecule has 0 heterocycles. The average molecular weight is 186 g/mol. The highest BCUT2D eigenvalue weighted by Crippen LogP contribution is 2.33. The van der Waals surface area contributed by atoms with Gasteiger partial charge in [-0.05, 0) is 32.1 Å². The van der Waals surface area contributed by atoms with Gasteiger partial charge in [0.2, 0.25) is 0 Å². The summed E-state index contributed by atoms with van der Waals surface area (Å²) in [7, 11) is 0. The lowest BCUT2D eigenvalue weighted by Crippen LogP contribution is -2.36. The van der Waals surface area contributed by atoms with Crippen LogP contribution in [0.1, 0.15) is 39.0 Å². The van der Waals surface area contributed by atoms with Crippen molar-refractivity contribution in [3.63, 3.8) is 0 Å². The summed E-state index contributed by atoms with van der Waals surface area (Å²) >= 11 is 0. The molecule has 0 amide bonds. The molecule has 0 aromatic heterocycles. The van der Waals surface area contributed by atoms with Crippen molar-refractivity contribution in [2.45, 2.75) is 45.1 Å². The van der Waals surface area contributed by atoms with Gasteiger partial charge in [-0.2, -0.15) is 0 Å². The average Bonchev–Trinajstić information content (AvgIpc) is 2.94. The Morgan fingerprint density at radius 1 is 1.46 bits per heavy atom. The second kappa shape index (κ2) is 6.35. The number of hydrogen-bond donors (Lipinski definition) is 2. The van der Waals surface area contributed by atoms with Gasteiger partial charge in [0.25, 0.3) is 0 Å². The summed E-state index contributed by atoms with van der Waals surface area (Å²) in [5.74, 6) is 6.46. The second-order valence-corrected chi connectivity index (χ2v) is 3.87. The molecule has 3 nitrogen and oxygen atoms in total. The normalized spacial score (nSPS) is 18.9. The number of hydrogen-bond acceptors (Lipinski definition) is 3. The fourth-order valence-corrected chi connectivity index (χ4v) is 1.52. The lowest BCUT2D eigenvalue weighted by atomic mass is 10.1. The summed E-state index contributed by atoms with van der Waals surface area (Å²) in [6, 6.07) is 0.451. The van der Waals surface area contributed by atoms with Gasteiger partial charge in [0.1, 0.15) is 0 Å². The van der Waals surface area contributed by atoms with Gasteiger partial charge in [-0.25, -0.2) is 0 Å². The first kappa shape index (κ1) is 11.0. The van der Waals surface area contributed by atoms with E-state index in [9.17, 15) is 0 Å². The predicted octanol–water partition coefficient (Wildman–Crippen LogP) is 1.44. The second-order valence-electron chi connectivity index (χ2n) is 3.87. The van der Waals surface area contributed by atoms with E-state index in [0.29, 0.717) is 6.04 Å². The molecule has 0 aliphatic heterocycles. The molecule has 13 heavy (non-hydrogen) atoms. The quantitative estimate of drug-likeness (QED) is 0.342. The Bertz CT molecular complexity index is 126. The van der Waals surface area contributed by atoms with Crippen LogP contribution in [0, 0.1) is 5.92 Å². The monoisotopic (exact) mass is 186 g/mol. The smallest absolute Gasteiger partial charge is 0.0481 e. The van der Waals surface area contributed by atoms with E-state index in [-0.39, 0.29) is 0 Å². The van der Waals surface area contributed by atoms with Crippen LogP contribution >= 0.6 is 0 Å². The van der Waals surface area contributed by atoms with Crippen LogP contribution in [-0.4, -0.2) is 19.3 Å². The number of ether oxygens (including phenoxy) is 1. The lowest BCUT2D eigenvalue weighted by molar-refractivity contribution is 0.135. The summed E-state index contributed by atoms with van der Waals surface area (Å²) < 4.78 is 5.29. The van der Waals surface area contributed by atoms with Crippen molar-refractivity contribution < 1.29 is 4.74 Å². The number of nitrogens with two attached hydrogens (primary N) is 1. The zero-order valence-corrected chi connectivity index (χ0v) is 8.59. The molecule has 0 aromatic rings. The highest BCUT2D eigenvalue weighted by Gasteiger charge is 2.21. The third kappa shape index (κ3) is 5.24. The zero-order chi connectivity index (χ0) is 9.52. The molecule has 3 N–H and O–H groups in total. The first-order valence-corrected chi connectivity index (χ1v) is 5.40. The fraction of sp³-hybridized carbons (Fsp3) is 1.00. The molecule has 0 aromatic carbocycles. The fourth-order valence-electron chi connectivity index (χ4n) is 1.52. The maximum Gasteiger partial charge on any atom is 0.0481 e. The van der Waals surface area contributed by atoms with Crippen molar-refractivity contribution >= 4 is 0 Å². The molecule has 1 unspecified atom stereocenters. The van der Waals surface area contributed by atoms with Crippen molar-refractivity contribution in [2.75, 3.05) is 13.2 Å². The molecule has 0 saturated heterocycles. The van der Waals surface area contributed by atoms with Crippen LogP contribution in [0.15, 0.2) is 0 Å². The molecule has 3 heteroatoms. The molecular formula is C10H22N2O. The minimum absolute atomic E-state index is 0.451. The summed E-state index contributed by atoms with van der Waals surface area (Å²) in [4.78, 5) is 0. The summed E-state index contributed by atoms with van der Waals surface area (Å²) in [5, 5.41) is 0. The van der Waals surface area contributed by atoms with Gasteiger partial charge in [0.15, 0.2) is 0 Å². The largest absolute Gasteiger partial charge is 0.382 e. The summed E-state index contributed by atoms with van der Waals surface area (Å²) in [6.45, 7) is 3.66. The van der Waals surface area contributed by atoms with Crippen LogP contribution in [0.5, 0.6) is 0 Å². The Labute approximate surface area is 81.0 Å². The maximum absolute atomic E-state index is 5.46. The van der Waals surface area contributed by atoms with Crippen LogP contribution in [0.3, 0.4) is 0 Å². The molecule has 0 spiro atoms. The first-order chi connectivity index (χ1) is 6.36. The minimum atomic E-state index is 0.451. The Hall–Kier alpha value is -0.120. The Kier molecular flexibility index (Phi) is 5.35. The van der Waals surface area contributed by atoms with E-state index in [1.165, 1.54) is 25.7 Å². The molecule has 1 fully saturated rings. The van der Waals surface area contributed by atoms with Gasteiger partial charge in [0.05, 0.1) is 0 Å². The van der Waals surface area contributed by atoms with Gasteiger partial charge in [0, 0.05) is 19.3 Å². The number of rotatable bonds is 8. The molecule has 0 bridgehead atoms. The van der Waals surface area contributed by atoms with Gasteiger partial charge >= 0.3 is 0 Å². The molecule has 1 rings (SSSR count). The standard InChI is InChI=1S/C10H22N2O/c1-2-13-8-7-10(12-11)6-5-9-3-4-9/h9-10,12H,2-8,11H2,1H3. The van der Waals surface area contributed by atoms with Crippen molar-refractivity contribution in [3.05, 3.63) is 0 Å². The highest BCUT2D eigenvalue weighted by molar-refractivity contribution is 4.75. The van der Waals surface area contributed by atoms with Crippen LogP contribution < -0.4 is 11.3 Å². The van der Waals surface area contributed by atoms with Crippen LogP contribution in [0.25, 0.3) is 0 Å². The summed E-state index contributed by atoms with van der Waals surface area (Å²) in [5.41, 5.74) is 2.86. The van der Waals surface area contributed by atoms with Crippen molar-refractivity contribution in [2.24, 2.45) is 11.8 Å². The van der Waals surface area contributed by atoms with Crippen molar-refractivity contribution in [3.8, 4) is 0 Å². The third-order valence-electron chi connectivity index (χ3n) is 2.67. The van der Waals surface area contributed by atoms with E-state index < -0.39 is 0 Å². The van der Waals surface area contributed by atoms with E-state index in [1.54, 1.807) is 0 Å². The molecule has 78 valence electrons. The molecule has 0 radical (unpaired) electrons. The Morgan fingerprint density at radius 3 is 2.77 bits per heavy atom. The van der Waals surface area contributed by atoms with Crippen molar-refractivity contribution in [1.29, 1.82) is 0 Å². The van der Waals surface area contributed by atoms with E-state index >= 15 is 0 Å². The van der Waals surface area contributed by atoms with E-state index in [1.807, 2.05) is 6.92 Å². The van der Waals surface area contributed by atoms with E-state index in [0.717, 1.165) is 25.6 Å². The number of nitrogens with one attached hydrogen (secondary N) is 1. The van der Waals surface area contributed by atoms with Gasteiger partial charge in [-0.15, -0.1) is 0 Å². The Balaban J connectivity index is 1.95. The minimum Gasteiger partial charge on any atom is -0.382 e. The van der Waals surface area contributed by atoms with E-state index in [2.05, 4.69) is 5.43 Å². The zero-order valence-electron chi connectivity index (χ0n) is 8.59. The maximum atomic E-state index is 5.46. The van der Waals surface area contributed by atoms with Crippen molar-refractivity contribution in [1.82, 2.24) is 5.43 Å². The molecule has 1 aliphatic carbocycles. The molecule has 1 atom stereocenters. The Morgan fingerprint density at radius 2 is 2.23 bits per heavy atom. The van der Waals surface area contributed by atoms with Crippen LogP contribution in [0.4, 0.5) is 0 Å². The lowest BCUT2D eigenvalue weighted by Gasteiger charge is -2.15. The molecular weight excluding hydrogens is 164 g/mol. The van der Waals surface area contributed by atoms with E-state index in [4.69, 9.17) is 10.6 Å². The highest BCUT2D eigenvalue weighted by atomic mass is 16.5. The van der Waals surface area contributed by atoms with Gasteiger partial charge in [-0.3, -0.25) is 11.3 Å². The topological polar surface area (TPSA) is 47.3 Å². The van der Waals surface area contributed by atoms with Crippen LogP contribution in [0.2, 0.25) is 0 Å². The van der Waals surface area contributed by atoms with Gasteiger partial charge in [-0.1, -0.05) is 12.8 Å². The first-order valence-electron chi connectivity index (χ1n) is 5.40. The molecule has 1 saturated carbocycles. The number of hydrazine groups is 1. The summed E-state index contributed by atoms with van der Waals surface area (Å²) in [6.07, 6.45) is 6.44. The molecule has 1 aliphatic rings. The van der Waals surface area contributed by atoms with Crippen LogP contribution in [-0.2, 0) is 4.74 Å². The van der Waals surface area contributed by atoms with Gasteiger partial charge < -0.3 is 4.74 Å².